The Bertz CT molecular complexity index is 316. The molecule has 0 bridgehead atoms. The lowest BCUT2D eigenvalue weighted by atomic mass is 9.97. The van der Waals surface area contributed by atoms with Crippen molar-refractivity contribution in [2.45, 2.75) is 24.3 Å². The number of ether oxygens (including phenoxy) is 1. The van der Waals surface area contributed by atoms with Crippen molar-refractivity contribution < 1.29 is 9.84 Å². The maximum Gasteiger partial charge on any atom is 0.126 e. The van der Waals surface area contributed by atoms with E-state index < -0.39 is 5.60 Å². The summed E-state index contributed by atoms with van der Waals surface area (Å²) in [5, 5.41) is 9.88. The lowest BCUT2D eigenvalue weighted by Crippen LogP contribution is -2.16. The molecule has 2 nitrogen and oxygen atoms in total. The SMILES string of the molecule is COc1cc(SC)ccc1C(C)(C)O. The molecule has 0 atom stereocenters. The van der Waals surface area contributed by atoms with E-state index in [2.05, 4.69) is 0 Å². The van der Waals surface area contributed by atoms with Gasteiger partial charge in [-0.15, -0.1) is 11.8 Å². The largest absolute Gasteiger partial charge is 0.496 e. The molecule has 14 heavy (non-hydrogen) atoms. The second kappa shape index (κ2) is 4.24. The average Bonchev–Trinajstić information content (AvgIpc) is 2.15. The lowest BCUT2D eigenvalue weighted by molar-refractivity contribution is 0.0756. The fourth-order valence-electron chi connectivity index (χ4n) is 1.30. The van der Waals surface area contributed by atoms with Crippen molar-refractivity contribution in [3.8, 4) is 5.75 Å². The third-order valence-corrected chi connectivity index (χ3v) is 2.79. The van der Waals surface area contributed by atoms with Crippen LogP contribution in [0.25, 0.3) is 0 Å². The van der Waals surface area contributed by atoms with Crippen LogP contribution in [0, 0.1) is 0 Å². The highest BCUT2D eigenvalue weighted by atomic mass is 32.2. The fraction of sp³-hybridized carbons (Fsp3) is 0.455. The van der Waals surface area contributed by atoms with E-state index in [1.54, 1.807) is 32.7 Å². The van der Waals surface area contributed by atoms with Crippen molar-refractivity contribution in [3.63, 3.8) is 0 Å². The van der Waals surface area contributed by atoms with Gasteiger partial charge in [0.15, 0.2) is 0 Å². The van der Waals surface area contributed by atoms with Crippen LogP contribution < -0.4 is 4.74 Å². The number of hydrogen-bond acceptors (Lipinski definition) is 3. The molecule has 1 N–H and O–H groups in total. The van der Waals surface area contributed by atoms with Crippen LogP contribution in [0.15, 0.2) is 23.1 Å². The monoisotopic (exact) mass is 212 g/mol. The molecule has 0 aliphatic carbocycles. The third-order valence-electron chi connectivity index (χ3n) is 2.07. The summed E-state index contributed by atoms with van der Waals surface area (Å²) in [5.74, 6) is 0.740. The number of thioether (sulfide) groups is 1. The first-order valence-electron chi connectivity index (χ1n) is 4.44. The Morgan fingerprint density at radius 2 is 2.00 bits per heavy atom. The van der Waals surface area contributed by atoms with Gasteiger partial charge in [-0.25, -0.2) is 0 Å². The van der Waals surface area contributed by atoms with E-state index in [0.717, 1.165) is 16.2 Å². The minimum absolute atomic E-state index is 0.740. The average molecular weight is 212 g/mol. The number of rotatable bonds is 3. The molecule has 0 fully saturated rings. The van der Waals surface area contributed by atoms with Gasteiger partial charge >= 0.3 is 0 Å². The summed E-state index contributed by atoms with van der Waals surface area (Å²) in [4.78, 5) is 1.13. The molecule has 0 radical (unpaired) electrons. The quantitative estimate of drug-likeness (QED) is 0.781. The molecule has 0 spiro atoms. The lowest BCUT2D eigenvalue weighted by Gasteiger charge is -2.21. The minimum Gasteiger partial charge on any atom is -0.496 e. The second-order valence-corrected chi connectivity index (χ2v) is 4.50. The second-order valence-electron chi connectivity index (χ2n) is 3.63. The molecule has 0 heterocycles. The van der Waals surface area contributed by atoms with Gasteiger partial charge in [0.05, 0.1) is 12.7 Å². The Morgan fingerprint density at radius 3 is 2.43 bits per heavy atom. The highest BCUT2D eigenvalue weighted by Crippen LogP contribution is 2.32. The molecule has 1 aromatic carbocycles. The summed E-state index contributed by atoms with van der Waals surface area (Å²) in [7, 11) is 1.62. The first kappa shape index (κ1) is 11.4. The van der Waals surface area contributed by atoms with E-state index in [1.165, 1.54) is 0 Å². The Balaban J connectivity index is 3.18. The van der Waals surface area contributed by atoms with Crippen LogP contribution in [-0.4, -0.2) is 18.5 Å². The van der Waals surface area contributed by atoms with Gasteiger partial charge < -0.3 is 9.84 Å². The molecule has 3 heteroatoms. The standard InChI is InChI=1S/C11H16O2S/c1-11(2,12)9-6-5-8(14-4)7-10(9)13-3/h5-7,12H,1-4H3. The summed E-state index contributed by atoms with van der Waals surface area (Å²) >= 11 is 1.66. The van der Waals surface area contributed by atoms with Gasteiger partial charge in [0.2, 0.25) is 0 Å². The summed E-state index contributed by atoms with van der Waals surface area (Å²) in [6.07, 6.45) is 2.01. The molecule has 0 aromatic heterocycles. The third kappa shape index (κ3) is 2.42. The van der Waals surface area contributed by atoms with Crippen LogP contribution in [0.1, 0.15) is 19.4 Å². The molecule has 0 aliphatic rings. The maximum atomic E-state index is 9.88. The molecule has 78 valence electrons. The molecule has 0 saturated heterocycles. The van der Waals surface area contributed by atoms with Crippen LogP contribution in [0.2, 0.25) is 0 Å². The van der Waals surface area contributed by atoms with Gasteiger partial charge in [0.1, 0.15) is 5.75 Å². The Morgan fingerprint density at radius 1 is 1.36 bits per heavy atom. The minimum atomic E-state index is -0.859. The van der Waals surface area contributed by atoms with E-state index in [0.29, 0.717) is 0 Å². The molecular formula is C11H16O2S. The smallest absolute Gasteiger partial charge is 0.126 e. The highest BCUT2D eigenvalue weighted by molar-refractivity contribution is 7.98. The van der Waals surface area contributed by atoms with E-state index >= 15 is 0 Å². The fourth-order valence-corrected chi connectivity index (χ4v) is 1.73. The first-order valence-corrected chi connectivity index (χ1v) is 5.66. The maximum absolute atomic E-state index is 9.88. The van der Waals surface area contributed by atoms with Gasteiger partial charge in [-0.2, -0.15) is 0 Å². The summed E-state index contributed by atoms with van der Waals surface area (Å²) in [6.45, 7) is 3.51. The molecule has 0 amide bonds. The molecule has 1 aromatic rings. The zero-order chi connectivity index (χ0) is 10.8. The molecule has 0 saturated carbocycles. The van der Waals surface area contributed by atoms with Gasteiger partial charge in [-0.1, -0.05) is 6.07 Å². The van der Waals surface area contributed by atoms with Crippen molar-refractivity contribution in [2.75, 3.05) is 13.4 Å². The zero-order valence-electron chi connectivity index (χ0n) is 9.00. The number of methoxy groups -OCH3 is 1. The van der Waals surface area contributed by atoms with E-state index in [4.69, 9.17) is 4.74 Å². The van der Waals surface area contributed by atoms with Gasteiger partial charge in [-0.05, 0) is 32.2 Å². The van der Waals surface area contributed by atoms with Crippen LogP contribution in [0.5, 0.6) is 5.75 Å². The Hall–Kier alpha value is -0.670. The molecule has 1 rings (SSSR count). The highest BCUT2D eigenvalue weighted by Gasteiger charge is 2.20. The predicted molar refractivity (Wildman–Crippen MR) is 60.0 cm³/mol. The molecular weight excluding hydrogens is 196 g/mol. The van der Waals surface area contributed by atoms with Crippen molar-refractivity contribution in [1.82, 2.24) is 0 Å². The van der Waals surface area contributed by atoms with Gasteiger partial charge in [-0.3, -0.25) is 0 Å². The van der Waals surface area contributed by atoms with Crippen LogP contribution in [0.4, 0.5) is 0 Å². The zero-order valence-corrected chi connectivity index (χ0v) is 9.81. The summed E-state index contributed by atoms with van der Waals surface area (Å²) < 4.78 is 5.24. The molecule has 0 aliphatic heterocycles. The normalized spacial score (nSPS) is 11.5. The van der Waals surface area contributed by atoms with E-state index in [9.17, 15) is 5.11 Å². The summed E-state index contributed by atoms with van der Waals surface area (Å²) in [6, 6.07) is 5.84. The van der Waals surface area contributed by atoms with Crippen molar-refractivity contribution in [3.05, 3.63) is 23.8 Å². The summed E-state index contributed by atoms with van der Waals surface area (Å²) in [5.41, 5.74) is -0.0414. The van der Waals surface area contributed by atoms with E-state index in [-0.39, 0.29) is 0 Å². The Labute approximate surface area is 89.3 Å². The van der Waals surface area contributed by atoms with E-state index in [1.807, 2.05) is 24.5 Å². The predicted octanol–water partition coefficient (Wildman–Crippen LogP) is 2.64. The number of benzene rings is 1. The van der Waals surface area contributed by atoms with Crippen molar-refractivity contribution in [2.24, 2.45) is 0 Å². The first-order chi connectivity index (χ1) is 6.49. The molecule has 0 unspecified atom stereocenters. The van der Waals surface area contributed by atoms with Crippen LogP contribution in [0.3, 0.4) is 0 Å². The van der Waals surface area contributed by atoms with Gasteiger partial charge in [0, 0.05) is 10.5 Å². The van der Waals surface area contributed by atoms with Crippen LogP contribution in [-0.2, 0) is 5.60 Å². The van der Waals surface area contributed by atoms with Crippen molar-refractivity contribution in [1.29, 1.82) is 0 Å². The Kier molecular flexibility index (Phi) is 3.45. The van der Waals surface area contributed by atoms with Crippen molar-refractivity contribution >= 4 is 11.8 Å². The number of aliphatic hydroxyl groups is 1. The van der Waals surface area contributed by atoms with Gasteiger partial charge in [0.25, 0.3) is 0 Å². The topological polar surface area (TPSA) is 29.5 Å². The van der Waals surface area contributed by atoms with Crippen LogP contribution >= 0.6 is 11.8 Å². The number of hydrogen-bond donors (Lipinski definition) is 1.